The van der Waals surface area contributed by atoms with Crippen molar-refractivity contribution in [2.45, 2.75) is 52.0 Å². The van der Waals surface area contributed by atoms with E-state index in [0.29, 0.717) is 35.9 Å². The molecule has 2 aromatic rings. The van der Waals surface area contributed by atoms with Crippen molar-refractivity contribution in [3.05, 3.63) is 46.8 Å². The molecule has 8 nitrogen and oxygen atoms in total. The number of carboxylic acid groups (broad SMARTS) is 1. The van der Waals surface area contributed by atoms with Crippen molar-refractivity contribution in [2.24, 2.45) is 11.0 Å². The first-order valence-corrected chi connectivity index (χ1v) is 10.6. The maximum Gasteiger partial charge on any atom is 0.341 e. The van der Waals surface area contributed by atoms with E-state index in [1.807, 2.05) is 18.0 Å². The van der Waals surface area contributed by atoms with E-state index in [2.05, 4.69) is 16.0 Å². The zero-order valence-electron chi connectivity index (χ0n) is 17.7. The number of anilines is 1. The van der Waals surface area contributed by atoms with E-state index in [9.17, 15) is 15.2 Å². The molecule has 31 heavy (non-hydrogen) atoms. The van der Waals surface area contributed by atoms with Gasteiger partial charge in [0.05, 0.1) is 35.3 Å². The van der Waals surface area contributed by atoms with Gasteiger partial charge in [-0.1, -0.05) is 12.8 Å². The van der Waals surface area contributed by atoms with E-state index >= 15 is 0 Å². The lowest BCUT2D eigenvalue weighted by Crippen LogP contribution is -2.33. The predicted octanol–water partition coefficient (Wildman–Crippen LogP) is 3.93. The number of nitrogens with zero attached hydrogens (tertiary/aromatic N) is 5. The number of ether oxygens (including phenoxy) is 1. The van der Waals surface area contributed by atoms with Crippen molar-refractivity contribution in [3.8, 4) is 11.9 Å². The van der Waals surface area contributed by atoms with E-state index in [4.69, 9.17) is 9.84 Å². The van der Waals surface area contributed by atoms with Crippen LogP contribution < -0.4 is 9.75 Å². The summed E-state index contributed by atoms with van der Waals surface area (Å²) in [5, 5.41) is 25.5. The van der Waals surface area contributed by atoms with Crippen LogP contribution in [-0.4, -0.2) is 39.4 Å². The van der Waals surface area contributed by atoms with Crippen LogP contribution in [0.15, 0.2) is 29.4 Å². The minimum atomic E-state index is -1.07. The van der Waals surface area contributed by atoms with Gasteiger partial charge in [-0.3, -0.25) is 0 Å². The fourth-order valence-electron chi connectivity index (χ4n) is 4.42. The van der Waals surface area contributed by atoms with Gasteiger partial charge in [0.25, 0.3) is 0 Å². The largest absolute Gasteiger partial charge is 0.477 e. The fraction of sp³-hybridized carbons (Fsp3) is 0.435. The molecule has 0 unspecified atom stereocenters. The fourth-order valence-corrected chi connectivity index (χ4v) is 4.42. The summed E-state index contributed by atoms with van der Waals surface area (Å²) in [6.07, 6.45) is 5.43. The minimum Gasteiger partial charge on any atom is -0.477 e. The summed E-state index contributed by atoms with van der Waals surface area (Å²) < 4.78 is 5.47. The van der Waals surface area contributed by atoms with E-state index in [1.54, 1.807) is 19.1 Å². The molecule has 1 N–H and O–H groups in total. The molecule has 0 bridgehead atoms. The highest BCUT2D eigenvalue weighted by atomic mass is 16.5. The summed E-state index contributed by atoms with van der Waals surface area (Å²) in [4.78, 5) is 20.6. The normalized spacial score (nSPS) is 18.7. The standard InChI is InChI=1S/C23H25N5O3/c1-3-31-22-17(23(29)30)9-10-18(26-22)19-12-20(15-6-4-5-7-15)28(27-19)21-11-8-16(13-24)14(2)25-21/h8-11,15,20H,3-7,12H2,1-2H3,(H,29,30)/t20-/m1/s1. The Morgan fingerprint density at radius 1 is 1.26 bits per heavy atom. The average molecular weight is 419 g/mol. The molecule has 2 aliphatic rings. The molecule has 0 spiro atoms. The van der Waals surface area contributed by atoms with E-state index in [-0.39, 0.29) is 17.5 Å². The third-order valence-corrected chi connectivity index (χ3v) is 5.98. The van der Waals surface area contributed by atoms with E-state index < -0.39 is 5.97 Å². The van der Waals surface area contributed by atoms with Crippen molar-refractivity contribution >= 4 is 17.5 Å². The summed E-state index contributed by atoms with van der Waals surface area (Å²) in [6.45, 7) is 3.95. The number of carboxylic acids is 1. The quantitative estimate of drug-likeness (QED) is 0.755. The number of rotatable bonds is 6. The van der Waals surface area contributed by atoms with Crippen LogP contribution in [0.3, 0.4) is 0 Å². The van der Waals surface area contributed by atoms with Gasteiger partial charge < -0.3 is 9.84 Å². The number of aromatic carboxylic acids is 1. The first-order valence-electron chi connectivity index (χ1n) is 10.6. The highest BCUT2D eigenvalue weighted by Gasteiger charge is 2.37. The number of aryl methyl sites for hydroxylation is 1. The zero-order valence-corrected chi connectivity index (χ0v) is 17.7. The van der Waals surface area contributed by atoms with Gasteiger partial charge >= 0.3 is 5.97 Å². The van der Waals surface area contributed by atoms with Crippen molar-refractivity contribution in [1.82, 2.24) is 9.97 Å². The summed E-state index contributed by atoms with van der Waals surface area (Å²) in [5.74, 6) is 0.260. The zero-order chi connectivity index (χ0) is 22.0. The molecule has 0 radical (unpaired) electrons. The van der Waals surface area contributed by atoms with Gasteiger partial charge in [-0.25, -0.2) is 19.8 Å². The van der Waals surface area contributed by atoms with Crippen LogP contribution >= 0.6 is 0 Å². The van der Waals surface area contributed by atoms with Crippen LogP contribution in [0.1, 0.15) is 66.3 Å². The van der Waals surface area contributed by atoms with Crippen molar-refractivity contribution in [1.29, 1.82) is 5.26 Å². The molecule has 3 heterocycles. The van der Waals surface area contributed by atoms with Crippen LogP contribution in [0.25, 0.3) is 0 Å². The Balaban J connectivity index is 1.72. The number of hydrogen-bond donors (Lipinski definition) is 1. The lowest BCUT2D eigenvalue weighted by atomic mass is 9.93. The minimum absolute atomic E-state index is 0.0396. The molecular formula is C23H25N5O3. The molecular weight excluding hydrogens is 394 g/mol. The first-order chi connectivity index (χ1) is 15.0. The van der Waals surface area contributed by atoms with Crippen LogP contribution in [0.4, 0.5) is 5.82 Å². The number of pyridine rings is 2. The molecule has 0 saturated heterocycles. The smallest absolute Gasteiger partial charge is 0.341 e. The first kappa shape index (κ1) is 20.8. The number of carbonyl (C=O) groups is 1. The third-order valence-electron chi connectivity index (χ3n) is 5.98. The number of nitriles is 1. The highest BCUT2D eigenvalue weighted by Crippen LogP contribution is 2.38. The molecule has 2 aromatic heterocycles. The highest BCUT2D eigenvalue weighted by molar-refractivity contribution is 6.02. The SMILES string of the molecule is CCOc1nc(C2=NN(c3ccc(C#N)c(C)n3)[C@@H](C3CCCC3)C2)ccc1C(=O)O. The van der Waals surface area contributed by atoms with Crippen molar-refractivity contribution in [2.75, 3.05) is 11.6 Å². The van der Waals surface area contributed by atoms with Crippen LogP contribution in [0, 0.1) is 24.2 Å². The second kappa shape index (κ2) is 8.72. The molecule has 0 amide bonds. The Bertz CT molecular complexity index is 1070. The topological polar surface area (TPSA) is 112 Å². The monoisotopic (exact) mass is 419 g/mol. The Morgan fingerprint density at radius 2 is 2.03 bits per heavy atom. The summed E-state index contributed by atoms with van der Waals surface area (Å²) in [6, 6.07) is 9.16. The molecule has 0 aromatic carbocycles. The number of hydrazone groups is 1. The molecule has 8 heteroatoms. The molecule has 1 atom stereocenters. The molecule has 1 saturated carbocycles. The average Bonchev–Trinajstić information content (AvgIpc) is 3.43. The third kappa shape index (κ3) is 4.08. The van der Waals surface area contributed by atoms with Crippen LogP contribution in [0.2, 0.25) is 0 Å². The lowest BCUT2D eigenvalue weighted by molar-refractivity contribution is 0.0691. The van der Waals surface area contributed by atoms with Crippen LogP contribution in [-0.2, 0) is 0 Å². The summed E-state index contributed by atoms with van der Waals surface area (Å²) >= 11 is 0. The van der Waals surface area contributed by atoms with Gasteiger partial charge in [0, 0.05) is 6.42 Å². The molecule has 1 aliphatic carbocycles. The van der Waals surface area contributed by atoms with Gasteiger partial charge in [0.1, 0.15) is 17.5 Å². The Hall–Kier alpha value is -3.47. The Morgan fingerprint density at radius 3 is 2.68 bits per heavy atom. The molecule has 1 aliphatic heterocycles. The van der Waals surface area contributed by atoms with Gasteiger partial charge in [-0.05, 0) is 56.9 Å². The molecule has 160 valence electrons. The van der Waals surface area contributed by atoms with Crippen molar-refractivity contribution < 1.29 is 14.6 Å². The van der Waals surface area contributed by atoms with Gasteiger partial charge in [0.2, 0.25) is 5.88 Å². The Kier molecular flexibility index (Phi) is 5.85. The van der Waals surface area contributed by atoms with Crippen LogP contribution in [0.5, 0.6) is 5.88 Å². The summed E-state index contributed by atoms with van der Waals surface area (Å²) in [7, 11) is 0. The van der Waals surface area contributed by atoms with E-state index in [1.165, 1.54) is 18.9 Å². The second-order valence-corrected chi connectivity index (χ2v) is 7.91. The van der Waals surface area contributed by atoms with Gasteiger partial charge in [-0.2, -0.15) is 10.4 Å². The number of hydrogen-bond acceptors (Lipinski definition) is 7. The molecule has 1 fully saturated rings. The Labute approximate surface area is 181 Å². The predicted molar refractivity (Wildman–Crippen MR) is 115 cm³/mol. The molecule has 4 rings (SSSR count). The summed E-state index contributed by atoms with van der Waals surface area (Å²) in [5.41, 5.74) is 2.67. The maximum absolute atomic E-state index is 11.5. The number of aromatic nitrogens is 2. The van der Waals surface area contributed by atoms with E-state index in [0.717, 1.165) is 24.4 Å². The van der Waals surface area contributed by atoms with Crippen molar-refractivity contribution in [3.63, 3.8) is 0 Å². The van der Waals surface area contributed by atoms with Gasteiger partial charge in [-0.15, -0.1) is 0 Å². The van der Waals surface area contributed by atoms with Gasteiger partial charge in [0.15, 0.2) is 0 Å². The lowest BCUT2D eigenvalue weighted by Gasteiger charge is -2.27. The second-order valence-electron chi connectivity index (χ2n) is 7.91. The maximum atomic E-state index is 11.5.